The van der Waals surface area contributed by atoms with Crippen molar-refractivity contribution in [3.63, 3.8) is 0 Å². The molecule has 0 spiro atoms. The molecule has 0 bridgehead atoms. The monoisotopic (exact) mass is 378 g/mol. The number of ether oxygens (including phenoxy) is 2. The van der Waals surface area contributed by atoms with E-state index in [0.29, 0.717) is 33.6 Å². The molecule has 0 aliphatic heterocycles. The van der Waals surface area contributed by atoms with Crippen molar-refractivity contribution in [3.05, 3.63) is 59.0 Å². The summed E-state index contributed by atoms with van der Waals surface area (Å²) >= 11 is 0. The smallest absolute Gasteiger partial charge is 0.314 e. The van der Waals surface area contributed by atoms with E-state index in [1.165, 1.54) is 12.7 Å². The SMILES string of the molecule is COc1ccccc1-c1coc2cc(OC(=O)C3CCCCC3)ccc2c1=O. The lowest BCUT2D eigenvalue weighted by molar-refractivity contribution is -0.139. The molecule has 0 unspecified atom stereocenters. The van der Waals surface area contributed by atoms with Gasteiger partial charge in [0.2, 0.25) is 5.43 Å². The number of carbonyl (C=O) groups is 1. The number of fused-ring (bicyclic) bond motifs is 1. The molecule has 1 fully saturated rings. The third-order valence-electron chi connectivity index (χ3n) is 5.30. The lowest BCUT2D eigenvalue weighted by Crippen LogP contribution is -2.22. The number of rotatable bonds is 4. The summed E-state index contributed by atoms with van der Waals surface area (Å²) in [6.07, 6.45) is 6.50. The molecule has 1 aliphatic rings. The van der Waals surface area contributed by atoms with E-state index < -0.39 is 0 Å². The van der Waals surface area contributed by atoms with Gasteiger partial charge in [-0.05, 0) is 31.0 Å². The Labute approximate surface area is 162 Å². The second kappa shape index (κ2) is 7.89. The maximum atomic E-state index is 13.0. The summed E-state index contributed by atoms with van der Waals surface area (Å²) in [7, 11) is 1.56. The van der Waals surface area contributed by atoms with Gasteiger partial charge in [-0.3, -0.25) is 9.59 Å². The molecule has 144 valence electrons. The van der Waals surface area contributed by atoms with Crippen molar-refractivity contribution >= 4 is 16.9 Å². The van der Waals surface area contributed by atoms with Gasteiger partial charge in [0.25, 0.3) is 0 Å². The van der Waals surface area contributed by atoms with Crippen molar-refractivity contribution in [2.75, 3.05) is 7.11 Å². The number of benzene rings is 2. The van der Waals surface area contributed by atoms with E-state index in [9.17, 15) is 9.59 Å². The maximum absolute atomic E-state index is 13.0. The molecule has 1 aliphatic carbocycles. The highest BCUT2D eigenvalue weighted by atomic mass is 16.5. The third kappa shape index (κ3) is 3.52. The number of esters is 1. The van der Waals surface area contributed by atoms with Crippen molar-refractivity contribution in [1.29, 1.82) is 0 Å². The molecule has 2 aromatic carbocycles. The highest BCUT2D eigenvalue weighted by Crippen LogP contribution is 2.30. The van der Waals surface area contributed by atoms with Gasteiger partial charge < -0.3 is 13.9 Å². The van der Waals surface area contributed by atoms with E-state index in [1.807, 2.05) is 18.2 Å². The Balaban J connectivity index is 1.65. The van der Waals surface area contributed by atoms with Crippen LogP contribution in [0.5, 0.6) is 11.5 Å². The van der Waals surface area contributed by atoms with Crippen LogP contribution in [0.2, 0.25) is 0 Å². The van der Waals surface area contributed by atoms with Crippen LogP contribution in [0.25, 0.3) is 22.1 Å². The highest BCUT2D eigenvalue weighted by molar-refractivity contribution is 5.85. The molecular formula is C23H22O5. The molecule has 0 amide bonds. The Bertz CT molecular complexity index is 1060. The maximum Gasteiger partial charge on any atom is 0.314 e. The predicted molar refractivity (Wildman–Crippen MR) is 107 cm³/mol. The Morgan fingerprint density at radius 3 is 2.61 bits per heavy atom. The van der Waals surface area contributed by atoms with E-state index in [1.54, 1.807) is 31.4 Å². The minimum atomic E-state index is -0.202. The van der Waals surface area contributed by atoms with Crippen LogP contribution in [0.1, 0.15) is 32.1 Å². The van der Waals surface area contributed by atoms with Gasteiger partial charge in [-0.2, -0.15) is 0 Å². The van der Waals surface area contributed by atoms with Crippen LogP contribution in [-0.4, -0.2) is 13.1 Å². The van der Waals surface area contributed by atoms with Gasteiger partial charge in [0, 0.05) is 11.6 Å². The molecule has 1 saturated carbocycles. The molecule has 1 heterocycles. The summed E-state index contributed by atoms with van der Waals surface area (Å²) < 4.78 is 16.6. The number of hydrogen-bond acceptors (Lipinski definition) is 5. The Hall–Kier alpha value is -3.08. The first kappa shape index (κ1) is 18.3. The van der Waals surface area contributed by atoms with Crippen LogP contribution in [0, 0.1) is 5.92 Å². The van der Waals surface area contributed by atoms with Gasteiger partial charge in [-0.1, -0.05) is 37.5 Å². The van der Waals surface area contributed by atoms with Gasteiger partial charge in [0.15, 0.2) is 0 Å². The first-order valence-corrected chi connectivity index (χ1v) is 9.58. The average Bonchev–Trinajstić information content (AvgIpc) is 2.74. The standard InChI is InChI=1S/C23H22O5/c1-26-20-10-6-5-9-17(20)19-14-27-21-13-16(11-12-18(21)22(19)24)28-23(25)15-7-3-2-4-8-15/h5-6,9-15H,2-4,7-8H2,1H3. The molecule has 3 aromatic rings. The zero-order valence-corrected chi connectivity index (χ0v) is 15.8. The second-order valence-corrected chi connectivity index (χ2v) is 7.09. The molecule has 0 N–H and O–H groups in total. The molecular weight excluding hydrogens is 356 g/mol. The Morgan fingerprint density at radius 2 is 1.82 bits per heavy atom. The zero-order valence-electron chi connectivity index (χ0n) is 15.8. The minimum absolute atomic E-state index is 0.0376. The van der Waals surface area contributed by atoms with Crippen LogP contribution >= 0.6 is 0 Å². The molecule has 5 nitrogen and oxygen atoms in total. The predicted octanol–water partition coefficient (Wildman–Crippen LogP) is 4.95. The number of methoxy groups -OCH3 is 1. The molecule has 4 rings (SSSR count). The van der Waals surface area contributed by atoms with Crippen LogP contribution in [0.15, 0.2) is 57.9 Å². The normalized spacial score (nSPS) is 14.8. The summed E-state index contributed by atoms with van der Waals surface area (Å²) in [5, 5.41) is 0.431. The van der Waals surface area contributed by atoms with Crippen molar-refractivity contribution in [2.24, 2.45) is 5.92 Å². The number of hydrogen-bond donors (Lipinski definition) is 0. The van der Waals surface area contributed by atoms with Crippen LogP contribution in [0.3, 0.4) is 0 Å². The zero-order chi connectivity index (χ0) is 19.5. The van der Waals surface area contributed by atoms with Gasteiger partial charge in [0.05, 0.1) is 24.0 Å². The fourth-order valence-electron chi connectivity index (χ4n) is 3.76. The van der Waals surface area contributed by atoms with E-state index in [2.05, 4.69) is 0 Å². The first-order chi connectivity index (χ1) is 13.7. The van der Waals surface area contributed by atoms with Crippen LogP contribution in [0.4, 0.5) is 0 Å². The third-order valence-corrected chi connectivity index (χ3v) is 5.30. The van der Waals surface area contributed by atoms with Crippen molar-refractivity contribution in [1.82, 2.24) is 0 Å². The van der Waals surface area contributed by atoms with Gasteiger partial charge in [-0.25, -0.2) is 0 Å². The summed E-state index contributed by atoms with van der Waals surface area (Å²) in [5.41, 5.74) is 1.33. The first-order valence-electron chi connectivity index (χ1n) is 9.58. The number of para-hydroxylation sites is 1. The summed E-state index contributed by atoms with van der Waals surface area (Å²) in [6.45, 7) is 0. The summed E-state index contributed by atoms with van der Waals surface area (Å²) in [5.74, 6) is 0.764. The minimum Gasteiger partial charge on any atom is -0.496 e. The quantitative estimate of drug-likeness (QED) is 0.474. The Kier molecular flexibility index (Phi) is 5.15. The van der Waals surface area contributed by atoms with E-state index in [-0.39, 0.29) is 17.3 Å². The fraction of sp³-hybridized carbons (Fsp3) is 0.304. The van der Waals surface area contributed by atoms with Gasteiger partial charge in [0.1, 0.15) is 23.3 Å². The molecule has 0 saturated heterocycles. The fourth-order valence-corrected chi connectivity index (χ4v) is 3.76. The highest BCUT2D eigenvalue weighted by Gasteiger charge is 2.23. The largest absolute Gasteiger partial charge is 0.496 e. The Morgan fingerprint density at radius 1 is 1.04 bits per heavy atom. The molecule has 0 atom stereocenters. The molecule has 5 heteroatoms. The van der Waals surface area contributed by atoms with Gasteiger partial charge in [-0.15, -0.1) is 0 Å². The molecule has 1 aromatic heterocycles. The van der Waals surface area contributed by atoms with Crippen LogP contribution in [-0.2, 0) is 4.79 Å². The molecule has 0 radical (unpaired) electrons. The van der Waals surface area contributed by atoms with Crippen LogP contribution < -0.4 is 14.9 Å². The summed E-state index contributed by atoms with van der Waals surface area (Å²) in [6, 6.07) is 12.2. The average molecular weight is 378 g/mol. The van der Waals surface area contributed by atoms with E-state index in [4.69, 9.17) is 13.9 Å². The second-order valence-electron chi connectivity index (χ2n) is 7.09. The lowest BCUT2D eigenvalue weighted by Gasteiger charge is -2.19. The topological polar surface area (TPSA) is 65.7 Å². The van der Waals surface area contributed by atoms with Crippen molar-refractivity contribution < 1.29 is 18.7 Å². The number of carbonyl (C=O) groups excluding carboxylic acids is 1. The summed E-state index contributed by atoms with van der Waals surface area (Å²) in [4.78, 5) is 25.3. The van der Waals surface area contributed by atoms with Gasteiger partial charge >= 0.3 is 5.97 Å². The lowest BCUT2D eigenvalue weighted by atomic mass is 9.89. The van der Waals surface area contributed by atoms with E-state index in [0.717, 1.165) is 25.7 Å². The van der Waals surface area contributed by atoms with Crippen molar-refractivity contribution in [3.8, 4) is 22.6 Å². The molecule has 28 heavy (non-hydrogen) atoms. The van der Waals surface area contributed by atoms with Crippen molar-refractivity contribution in [2.45, 2.75) is 32.1 Å². The van der Waals surface area contributed by atoms with E-state index >= 15 is 0 Å².